The van der Waals surface area contributed by atoms with Crippen LogP contribution in [0.3, 0.4) is 0 Å². The van der Waals surface area contributed by atoms with Crippen molar-refractivity contribution in [3.05, 3.63) is 46.9 Å². The Morgan fingerprint density at radius 1 is 1.21 bits per heavy atom. The molecule has 100 valence electrons. The quantitative estimate of drug-likeness (QED) is 0.894. The van der Waals surface area contributed by atoms with Crippen molar-refractivity contribution in [2.45, 2.75) is 32.9 Å². The summed E-state index contributed by atoms with van der Waals surface area (Å²) in [5, 5.41) is 4.37. The Labute approximate surface area is 112 Å². The van der Waals surface area contributed by atoms with E-state index >= 15 is 0 Å². The Hall–Kier alpha value is -2.10. The summed E-state index contributed by atoms with van der Waals surface area (Å²) in [5.74, 6) is -0.162. The van der Waals surface area contributed by atoms with Crippen molar-refractivity contribution in [1.82, 2.24) is 9.88 Å². The second kappa shape index (κ2) is 4.88. The molecule has 1 amide bonds. The SMILES string of the molecule is CC(C)(C)NC(=O)Cn1ccc2ccccc2c1=O. The highest BCUT2D eigenvalue weighted by molar-refractivity contribution is 5.82. The summed E-state index contributed by atoms with van der Waals surface area (Å²) in [5.41, 5.74) is -0.431. The summed E-state index contributed by atoms with van der Waals surface area (Å²) in [6.45, 7) is 5.77. The number of hydrogen-bond acceptors (Lipinski definition) is 2. The highest BCUT2D eigenvalue weighted by Gasteiger charge is 2.14. The molecule has 1 aromatic carbocycles. The van der Waals surface area contributed by atoms with Crippen LogP contribution >= 0.6 is 0 Å². The first kappa shape index (κ1) is 13.3. The third kappa shape index (κ3) is 3.22. The highest BCUT2D eigenvalue weighted by atomic mass is 16.2. The molecule has 0 aliphatic carbocycles. The Balaban J connectivity index is 2.29. The van der Waals surface area contributed by atoms with E-state index in [1.54, 1.807) is 12.3 Å². The second-order valence-electron chi connectivity index (χ2n) is 5.63. The Bertz CT molecular complexity index is 666. The van der Waals surface area contributed by atoms with Crippen LogP contribution in [0.1, 0.15) is 20.8 Å². The van der Waals surface area contributed by atoms with Crippen LogP contribution in [0.2, 0.25) is 0 Å². The van der Waals surface area contributed by atoms with E-state index in [0.29, 0.717) is 5.39 Å². The maximum atomic E-state index is 12.2. The third-order valence-electron chi connectivity index (χ3n) is 2.71. The number of hydrogen-bond donors (Lipinski definition) is 1. The maximum Gasteiger partial charge on any atom is 0.258 e. The number of amides is 1. The molecular weight excluding hydrogens is 240 g/mol. The fraction of sp³-hybridized carbons (Fsp3) is 0.333. The number of nitrogens with one attached hydrogen (secondary N) is 1. The van der Waals surface area contributed by atoms with E-state index in [1.807, 2.05) is 45.0 Å². The average Bonchev–Trinajstić information content (AvgIpc) is 2.31. The molecule has 0 saturated carbocycles. The normalized spacial score (nSPS) is 11.5. The van der Waals surface area contributed by atoms with Gasteiger partial charge in [0, 0.05) is 17.1 Å². The summed E-state index contributed by atoms with van der Waals surface area (Å²) in [6, 6.07) is 9.22. The lowest BCUT2D eigenvalue weighted by atomic mass is 10.1. The monoisotopic (exact) mass is 258 g/mol. The zero-order valence-electron chi connectivity index (χ0n) is 11.4. The molecular formula is C15H18N2O2. The number of aromatic nitrogens is 1. The van der Waals surface area contributed by atoms with E-state index in [9.17, 15) is 9.59 Å². The predicted molar refractivity (Wildman–Crippen MR) is 76.1 cm³/mol. The maximum absolute atomic E-state index is 12.2. The molecule has 0 aliphatic heterocycles. The fourth-order valence-corrected chi connectivity index (χ4v) is 1.97. The van der Waals surface area contributed by atoms with Gasteiger partial charge < -0.3 is 9.88 Å². The number of nitrogens with zero attached hydrogens (tertiary/aromatic N) is 1. The van der Waals surface area contributed by atoms with Gasteiger partial charge in [-0.2, -0.15) is 0 Å². The van der Waals surface area contributed by atoms with Gasteiger partial charge in [-0.05, 0) is 38.3 Å². The van der Waals surface area contributed by atoms with Gasteiger partial charge in [0.1, 0.15) is 6.54 Å². The van der Waals surface area contributed by atoms with Gasteiger partial charge in [0.25, 0.3) is 5.56 Å². The largest absolute Gasteiger partial charge is 0.350 e. The lowest BCUT2D eigenvalue weighted by molar-refractivity contribution is -0.123. The molecule has 0 bridgehead atoms. The number of pyridine rings is 1. The summed E-state index contributed by atoms with van der Waals surface area (Å²) >= 11 is 0. The van der Waals surface area contributed by atoms with Crippen LogP contribution in [0, 0.1) is 0 Å². The van der Waals surface area contributed by atoms with E-state index in [0.717, 1.165) is 5.39 Å². The molecule has 4 heteroatoms. The van der Waals surface area contributed by atoms with Crippen LogP contribution in [-0.2, 0) is 11.3 Å². The molecule has 4 nitrogen and oxygen atoms in total. The van der Waals surface area contributed by atoms with Crippen molar-refractivity contribution in [2.75, 3.05) is 0 Å². The van der Waals surface area contributed by atoms with Crippen molar-refractivity contribution >= 4 is 16.7 Å². The van der Waals surface area contributed by atoms with Gasteiger partial charge in [0.05, 0.1) is 0 Å². The Morgan fingerprint density at radius 3 is 2.58 bits per heavy atom. The van der Waals surface area contributed by atoms with Crippen LogP contribution < -0.4 is 10.9 Å². The first-order chi connectivity index (χ1) is 8.87. The van der Waals surface area contributed by atoms with Crippen molar-refractivity contribution < 1.29 is 4.79 Å². The zero-order valence-corrected chi connectivity index (χ0v) is 11.4. The minimum Gasteiger partial charge on any atom is -0.350 e. The van der Waals surface area contributed by atoms with Crippen molar-refractivity contribution in [1.29, 1.82) is 0 Å². The predicted octanol–water partition coefficient (Wildman–Crippen LogP) is 1.92. The Kier molecular flexibility index (Phi) is 3.42. The van der Waals surface area contributed by atoms with Crippen molar-refractivity contribution in [3.8, 4) is 0 Å². The van der Waals surface area contributed by atoms with E-state index in [1.165, 1.54) is 4.57 Å². The lowest BCUT2D eigenvalue weighted by Gasteiger charge is -2.20. The van der Waals surface area contributed by atoms with E-state index < -0.39 is 0 Å². The molecule has 1 aromatic heterocycles. The molecule has 0 aliphatic rings. The van der Waals surface area contributed by atoms with Crippen LogP contribution in [0.15, 0.2) is 41.3 Å². The molecule has 0 spiro atoms. The molecule has 0 saturated heterocycles. The van der Waals surface area contributed by atoms with E-state index in [-0.39, 0.29) is 23.6 Å². The van der Waals surface area contributed by atoms with Crippen LogP contribution in [0.25, 0.3) is 10.8 Å². The fourth-order valence-electron chi connectivity index (χ4n) is 1.97. The number of rotatable bonds is 2. The van der Waals surface area contributed by atoms with E-state index in [2.05, 4.69) is 5.32 Å². The van der Waals surface area contributed by atoms with Gasteiger partial charge >= 0.3 is 0 Å². The van der Waals surface area contributed by atoms with Gasteiger partial charge in [-0.25, -0.2) is 0 Å². The van der Waals surface area contributed by atoms with Gasteiger partial charge in [-0.3, -0.25) is 9.59 Å². The average molecular weight is 258 g/mol. The molecule has 0 unspecified atom stereocenters. The van der Waals surface area contributed by atoms with Crippen molar-refractivity contribution in [2.24, 2.45) is 0 Å². The van der Waals surface area contributed by atoms with E-state index in [4.69, 9.17) is 0 Å². The highest BCUT2D eigenvalue weighted by Crippen LogP contribution is 2.08. The molecule has 19 heavy (non-hydrogen) atoms. The van der Waals surface area contributed by atoms with Crippen molar-refractivity contribution in [3.63, 3.8) is 0 Å². The van der Waals surface area contributed by atoms with Gasteiger partial charge in [0.2, 0.25) is 5.91 Å². The van der Waals surface area contributed by atoms with Crippen LogP contribution in [0.4, 0.5) is 0 Å². The standard InChI is InChI=1S/C15H18N2O2/c1-15(2,3)16-13(18)10-17-9-8-11-6-4-5-7-12(11)14(17)19/h4-9H,10H2,1-3H3,(H,16,18). The lowest BCUT2D eigenvalue weighted by Crippen LogP contribution is -2.43. The van der Waals surface area contributed by atoms with Crippen LogP contribution in [0.5, 0.6) is 0 Å². The number of benzene rings is 1. The summed E-state index contributed by atoms with van der Waals surface area (Å²) in [6.07, 6.45) is 1.66. The summed E-state index contributed by atoms with van der Waals surface area (Å²) in [4.78, 5) is 24.1. The molecule has 0 atom stereocenters. The van der Waals surface area contributed by atoms with Gasteiger partial charge in [-0.1, -0.05) is 18.2 Å². The molecule has 2 rings (SSSR count). The number of carbonyl (C=O) groups is 1. The summed E-state index contributed by atoms with van der Waals surface area (Å²) in [7, 11) is 0. The minimum atomic E-state index is -0.294. The Morgan fingerprint density at radius 2 is 1.89 bits per heavy atom. The third-order valence-corrected chi connectivity index (χ3v) is 2.71. The van der Waals surface area contributed by atoms with Gasteiger partial charge in [0.15, 0.2) is 0 Å². The summed E-state index contributed by atoms with van der Waals surface area (Å²) < 4.78 is 1.43. The minimum absolute atomic E-state index is 0.0426. The van der Waals surface area contributed by atoms with Crippen LogP contribution in [-0.4, -0.2) is 16.0 Å². The molecule has 2 aromatic rings. The van der Waals surface area contributed by atoms with Gasteiger partial charge in [-0.15, -0.1) is 0 Å². The number of carbonyl (C=O) groups excluding carboxylic acids is 1. The first-order valence-corrected chi connectivity index (χ1v) is 6.26. The zero-order chi connectivity index (χ0) is 14.0. The number of fused-ring (bicyclic) bond motifs is 1. The first-order valence-electron chi connectivity index (χ1n) is 6.26. The molecule has 1 heterocycles. The molecule has 0 radical (unpaired) electrons. The topological polar surface area (TPSA) is 51.1 Å². The smallest absolute Gasteiger partial charge is 0.258 e. The molecule has 1 N–H and O–H groups in total. The molecule has 0 fully saturated rings. The second-order valence-corrected chi connectivity index (χ2v) is 5.63.